The number of aryl methyl sites for hydroxylation is 1. The molecule has 0 aliphatic rings. The Hall–Kier alpha value is -2.68. The van der Waals surface area contributed by atoms with E-state index in [2.05, 4.69) is 15.1 Å². The molecule has 142 valence electrons. The van der Waals surface area contributed by atoms with E-state index in [-0.39, 0.29) is 17.4 Å². The third-order valence-electron chi connectivity index (χ3n) is 3.93. The van der Waals surface area contributed by atoms with Crippen molar-refractivity contribution in [3.63, 3.8) is 0 Å². The van der Waals surface area contributed by atoms with E-state index in [1.54, 1.807) is 18.2 Å². The van der Waals surface area contributed by atoms with Crippen molar-refractivity contribution in [1.29, 1.82) is 0 Å². The summed E-state index contributed by atoms with van der Waals surface area (Å²) < 4.78 is 11.4. The number of nitrogens with zero attached hydrogens (tertiary/aromatic N) is 4. The summed E-state index contributed by atoms with van der Waals surface area (Å²) in [7, 11) is 1.28. The summed E-state index contributed by atoms with van der Waals surface area (Å²) in [6.07, 6.45) is 1.66. The number of aromatic nitrogens is 4. The lowest BCUT2D eigenvalue weighted by Gasteiger charge is -2.13. The van der Waals surface area contributed by atoms with Crippen LogP contribution in [-0.4, -0.2) is 32.8 Å². The number of ether oxygens (including phenoxy) is 1. The predicted octanol–water partition coefficient (Wildman–Crippen LogP) is 2.76. The van der Waals surface area contributed by atoms with Gasteiger partial charge in [0.25, 0.3) is 5.56 Å². The molecule has 8 nitrogen and oxygen atoms in total. The molecule has 3 aromatic rings. The van der Waals surface area contributed by atoms with E-state index in [4.69, 9.17) is 9.26 Å². The van der Waals surface area contributed by atoms with Gasteiger partial charge in [-0.05, 0) is 25.5 Å². The van der Waals surface area contributed by atoms with E-state index >= 15 is 0 Å². The fourth-order valence-corrected chi connectivity index (χ4v) is 3.48. The van der Waals surface area contributed by atoms with Crippen molar-refractivity contribution >= 4 is 28.6 Å². The van der Waals surface area contributed by atoms with Gasteiger partial charge in [-0.1, -0.05) is 36.0 Å². The SMILES string of the molecule is CCCc1noc([C@H](C)Sc2nc3ccccc3c(=O)n2CC(=O)OC)n1. The first kappa shape index (κ1) is 19.1. The molecule has 9 heteroatoms. The maximum atomic E-state index is 12.9. The molecular formula is C18H20N4O4S. The zero-order valence-corrected chi connectivity index (χ0v) is 16.2. The molecule has 0 spiro atoms. The summed E-state index contributed by atoms with van der Waals surface area (Å²) in [6.45, 7) is 3.71. The third kappa shape index (κ3) is 4.19. The number of benzene rings is 1. The van der Waals surface area contributed by atoms with Crippen LogP contribution < -0.4 is 5.56 Å². The summed E-state index contributed by atoms with van der Waals surface area (Å²) in [5.74, 6) is 0.584. The van der Waals surface area contributed by atoms with Crippen molar-refractivity contribution in [1.82, 2.24) is 19.7 Å². The molecule has 3 rings (SSSR count). The predicted molar refractivity (Wildman–Crippen MR) is 101 cm³/mol. The molecule has 27 heavy (non-hydrogen) atoms. The normalized spacial score (nSPS) is 12.3. The van der Waals surface area contributed by atoms with Crippen molar-refractivity contribution in [2.24, 2.45) is 0 Å². The smallest absolute Gasteiger partial charge is 0.325 e. The van der Waals surface area contributed by atoms with Gasteiger partial charge in [-0.25, -0.2) is 4.98 Å². The molecule has 0 bridgehead atoms. The van der Waals surface area contributed by atoms with Gasteiger partial charge in [0.05, 0.1) is 23.3 Å². The highest BCUT2D eigenvalue weighted by Crippen LogP contribution is 2.33. The number of carbonyl (C=O) groups excluding carboxylic acids is 1. The Bertz CT molecular complexity index is 1010. The second-order valence-electron chi connectivity index (χ2n) is 5.94. The topological polar surface area (TPSA) is 100 Å². The van der Waals surface area contributed by atoms with Crippen molar-refractivity contribution in [2.45, 2.75) is 43.6 Å². The van der Waals surface area contributed by atoms with Crippen LogP contribution in [0.5, 0.6) is 0 Å². The number of esters is 1. The minimum atomic E-state index is -0.522. The van der Waals surface area contributed by atoms with E-state index in [0.717, 1.165) is 12.8 Å². The van der Waals surface area contributed by atoms with Gasteiger partial charge < -0.3 is 9.26 Å². The molecule has 0 amide bonds. The Morgan fingerprint density at radius 3 is 2.85 bits per heavy atom. The minimum absolute atomic E-state index is 0.215. The van der Waals surface area contributed by atoms with Gasteiger partial charge in [0.2, 0.25) is 5.89 Å². The highest BCUT2D eigenvalue weighted by atomic mass is 32.2. The quantitative estimate of drug-likeness (QED) is 0.346. The Morgan fingerprint density at radius 2 is 2.11 bits per heavy atom. The molecule has 0 aliphatic carbocycles. The summed E-state index contributed by atoms with van der Waals surface area (Å²) in [5, 5.41) is 4.56. The molecule has 2 aromatic heterocycles. The first-order valence-corrected chi connectivity index (χ1v) is 9.47. The van der Waals surface area contributed by atoms with Gasteiger partial charge in [0.15, 0.2) is 11.0 Å². The average Bonchev–Trinajstić information content (AvgIpc) is 3.14. The largest absolute Gasteiger partial charge is 0.468 e. The zero-order chi connectivity index (χ0) is 19.4. The molecule has 0 fully saturated rings. The molecular weight excluding hydrogens is 368 g/mol. The van der Waals surface area contributed by atoms with Crippen LogP contribution in [0.25, 0.3) is 10.9 Å². The van der Waals surface area contributed by atoms with Crippen LogP contribution in [0.3, 0.4) is 0 Å². The number of hydrogen-bond donors (Lipinski definition) is 0. The van der Waals surface area contributed by atoms with E-state index in [1.165, 1.54) is 23.4 Å². The molecule has 0 unspecified atom stereocenters. The maximum absolute atomic E-state index is 12.9. The van der Waals surface area contributed by atoms with Crippen molar-refractivity contribution in [3.05, 3.63) is 46.3 Å². The standard InChI is InChI=1S/C18H20N4O4S/c1-4-7-14-20-16(26-21-14)11(2)27-18-19-13-9-6-5-8-12(13)17(24)22(18)10-15(23)25-3/h5-6,8-9,11H,4,7,10H2,1-3H3/t11-/m0/s1. The van der Waals surface area contributed by atoms with Crippen LogP contribution in [0.15, 0.2) is 38.7 Å². The summed E-state index contributed by atoms with van der Waals surface area (Å²) >= 11 is 1.28. The fraction of sp³-hybridized carbons (Fsp3) is 0.389. The molecule has 0 saturated heterocycles. The second-order valence-corrected chi connectivity index (χ2v) is 7.25. The lowest BCUT2D eigenvalue weighted by Crippen LogP contribution is -2.27. The van der Waals surface area contributed by atoms with E-state index in [1.807, 2.05) is 19.9 Å². The molecule has 0 N–H and O–H groups in total. The Labute approximate surface area is 159 Å². The third-order valence-corrected chi connectivity index (χ3v) is 5.01. The lowest BCUT2D eigenvalue weighted by molar-refractivity contribution is -0.141. The lowest BCUT2D eigenvalue weighted by atomic mass is 10.2. The molecule has 0 saturated carbocycles. The van der Waals surface area contributed by atoms with Crippen LogP contribution in [0.2, 0.25) is 0 Å². The van der Waals surface area contributed by atoms with E-state index in [0.29, 0.717) is 27.8 Å². The molecule has 1 aromatic carbocycles. The summed E-state index contributed by atoms with van der Waals surface area (Å²) in [4.78, 5) is 33.6. The van der Waals surface area contributed by atoms with Gasteiger partial charge in [-0.15, -0.1) is 0 Å². The van der Waals surface area contributed by atoms with Gasteiger partial charge >= 0.3 is 5.97 Å². The summed E-state index contributed by atoms with van der Waals surface area (Å²) in [5.41, 5.74) is 0.272. The van der Waals surface area contributed by atoms with Crippen LogP contribution >= 0.6 is 11.8 Å². The van der Waals surface area contributed by atoms with Gasteiger partial charge in [-0.3, -0.25) is 14.2 Å². The Balaban J connectivity index is 1.99. The van der Waals surface area contributed by atoms with Crippen molar-refractivity contribution < 1.29 is 14.1 Å². The molecule has 0 aliphatic heterocycles. The summed E-state index contributed by atoms with van der Waals surface area (Å²) in [6, 6.07) is 7.02. The maximum Gasteiger partial charge on any atom is 0.325 e. The first-order valence-electron chi connectivity index (χ1n) is 8.59. The van der Waals surface area contributed by atoms with Crippen molar-refractivity contribution in [3.8, 4) is 0 Å². The molecule has 0 radical (unpaired) electrons. The number of carbonyl (C=O) groups is 1. The Kier molecular flexibility index (Phi) is 5.90. The Morgan fingerprint density at radius 1 is 1.33 bits per heavy atom. The number of para-hydroxylation sites is 1. The van der Waals surface area contributed by atoms with Crippen LogP contribution in [0.4, 0.5) is 0 Å². The number of rotatable bonds is 7. The highest BCUT2D eigenvalue weighted by molar-refractivity contribution is 7.99. The number of thioether (sulfide) groups is 1. The van der Waals surface area contributed by atoms with Gasteiger partial charge in [-0.2, -0.15) is 4.98 Å². The number of methoxy groups -OCH3 is 1. The monoisotopic (exact) mass is 388 g/mol. The highest BCUT2D eigenvalue weighted by Gasteiger charge is 2.21. The first-order chi connectivity index (χ1) is 13.0. The van der Waals surface area contributed by atoms with Crippen LogP contribution in [0, 0.1) is 0 Å². The van der Waals surface area contributed by atoms with Crippen LogP contribution in [-0.2, 0) is 22.5 Å². The van der Waals surface area contributed by atoms with Crippen molar-refractivity contribution in [2.75, 3.05) is 7.11 Å². The number of fused-ring (bicyclic) bond motifs is 1. The number of hydrogen-bond acceptors (Lipinski definition) is 8. The van der Waals surface area contributed by atoms with E-state index < -0.39 is 5.97 Å². The zero-order valence-electron chi connectivity index (χ0n) is 15.3. The second kappa shape index (κ2) is 8.34. The van der Waals surface area contributed by atoms with E-state index in [9.17, 15) is 9.59 Å². The fourth-order valence-electron chi connectivity index (χ4n) is 2.54. The van der Waals surface area contributed by atoms with Gasteiger partial charge in [0, 0.05) is 6.42 Å². The average molecular weight is 388 g/mol. The molecule has 1 atom stereocenters. The van der Waals surface area contributed by atoms with Crippen LogP contribution in [0.1, 0.15) is 37.2 Å². The molecule has 2 heterocycles. The van der Waals surface area contributed by atoms with Gasteiger partial charge in [0.1, 0.15) is 6.54 Å². The minimum Gasteiger partial charge on any atom is -0.468 e.